The number of hydrogen-bond donors (Lipinski definition) is 1. The van der Waals surface area contributed by atoms with Crippen LogP contribution in [0.1, 0.15) is 31.2 Å². The molecule has 3 rings (SSSR count). The van der Waals surface area contributed by atoms with E-state index in [2.05, 4.69) is 52.7 Å². The molecule has 0 saturated heterocycles. The fraction of sp³-hybridized carbons (Fsp3) is 0.421. The predicted molar refractivity (Wildman–Crippen MR) is 97.9 cm³/mol. The van der Waals surface area contributed by atoms with Gasteiger partial charge in [-0.25, -0.2) is 0 Å². The van der Waals surface area contributed by atoms with E-state index in [0.717, 1.165) is 12.8 Å². The van der Waals surface area contributed by atoms with Crippen molar-refractivity contribution in [3.05, 3.63) is 48.0 Å². The molecule has 0 spiro atoms. The Kier molecular flexibility index (Phi) is 6.43. The molecule has 2 aromatic rings. The van der Waals surface area contributed by atoms with Gasteiger partial charge in [0, 0.05) is 12.6 Å². The first-order valence-corrected chi connectivity index (χ1v) is 8.20. The van der Waals surface area contributed by atoms with Gasteiger partial charge in [0.25, 0.3) is 0 Å². The maximum Gasteiger partial charge on any atom is 0.237 e. The van der Waals surface area contributed by atoms with E-state index in [1.807, 2.05) is 7.05 Å². The molecule has 124 valence electrons. The second kappa shape index (κ2) is 8.32. The molecule has 1 fully saturated rings. The van der Waals surface area contributed by atoms with Gasteiger partial charge in [0.1, 0.15) is 0 Å². The lowest BCUT2D eigenvalue weighted by Gasteiger charge is -2.29. The minimum Gasteiger partial charge on any atom is -0.334 e. The van der Waals surface area contributed by atoms with Crippen molar-refractivity contribution < 1.29 is 4.79 Å². The summed E-state index contributed by atoms with van der Waals surface area (Å²) in [5, 5.41) is 5.50. The average molecular weight is 333 g/mol. The molecule has 0 radical (unpaired) electrons. The zero-order valence-corrected chi connectivity index (χ0v) is 14.4. The highest BCUT2D eigenvalue weighted by atomic mass is 35.5. The van der Waals surface area contributed by atoms with Crippen molar-refractivity contribution in [1.29, 1.82) is 0 Å². The SMILES string of the molecule is CNCC(=O)N(Cc1cccc2ccccc12)C1CCCC1.Cl. The van der Waals surface area contributed by atoms with Gasteiger partial charge in [0.2, 0.25) is 5.91 Å². The lowest BCUT2D eigenvalue weighted by atomic mass is 10.0. The van der Waals surface area contributed by atoms with Gasteiger partial charge in [-0.3, -0.25) is 4.79 Å². The van der Waals surface area contributed by atoms with E-state index < -0.39 is 0 Å². The van der Waals surface area contributed by atoms with E-state index >= 15 is 0 Å². The molecule has 1 aliphatic rings. The lowest BCUT2D eigenvalue weighted by molar-refractivity contribution is -0.133. The highest BCUT2D eigenvalue weighted by molar-refractivity contribution is 5.86. The van der Waals surface area contributed by atoms with Gasteiger partial charge in [0.05, 0.1) is 6.54 Å². The Morgan fingerprint density at radius 3 is 2.57 bits per heavy atom. The van der Waals surface area contributed by atoms with Gasteiger partial charge in [-0.15, -0.1) is 12.4 Å². The molecule has 0 aromatic heterocycles. The van der Waals surface area contributed by atoms with E-state index in [1.165, 1.54) is 29.2 Å². The standard InChI is InChI=1S/C19H24N2O.ClH/c1-20-13-19(22)21(17-10-3-4-11-17)14-16-9-6-8-15-7-2-5-12-18(15)16;/h2,5-9,12,17,20H,3-4,10-11,13-14H2,1H3;1H. The van der Waals surface area contributed by atoms with Crippen LogP contribution in [0.4, 0.5) is 0 Å². The van der Waals surface area contributed by atoms with Gasteiger partial charge < -0.3 is 10.2 Å². The molecule has 0 heterocycles. The van der Waals surface area contributed by atoms with Gasteiger partial charge in [0.15, 0.2) is 0 Å². The highest BCUT2D eigenvalue weighted by Gasteiger charge is 2.26. The molecule has 1 saturated carbocycles. The number of halogens is 1. The number of fused-ring (bicyclic) bond motifs is 1. The van der Waals surface area contributed by atoms with Crippen LogP contribution in [-0.4, -0.2) is 30.4 Å². The molecular weight excluding hydrogens is 308 g/mol. The molecule has 4 heteroatoms. The molecule has 23 heavy (non-hydrogen) atoms. The molecule has 1 amide bonds. The maximum absolute atomic E-state index is 12.5. The third-order valence-electron chi connectivity index (χ3n) is 4.63. The number of carbonyl (C=O) groups excluding carboxylic acids is 1. The van der Waals surface area contributed by atoms with Crippen LogP contribution in [0.5, 0.6) is 0 Å². The third kappa shape index (κ3) is 4.04. The summed E-state index contributed by atoms with van der Waals surface area (Å²) in [5.41, 5.74) is 1.24. The number of rotatable bonds is 5. The second-order valence-electron chi connectivity index (χ2n) is 6.13. The summed E-state index contributed by atoms with van der Waals surface area (Å²) in [6, 6.07) is 15.2. The van der Waals surface area contributed by atoms with Gasteiger partial charge in [-0.2, -0.15) is 0 Å². The molecule has 2 aromatic carbocycles. The summed E-state index contributed by atoms with van der Waals surface area (Å²) in [7, 11) is 1.84. The van der Waals surface area contributed by atoms with Crippen LogP contribution >= 0.6 is 12.4 Å². The smallest absolute Gasteiger partial charge is 0.237 e. The van der Waals surface area contributed by atoms with E-state index in [4.69, 9.17) is 0 Å². The Morgan fingerprint density at radius 1 is 1.13 bits per heavy atom. The maximum atomic E-state index is 12.5. The number of nitrogens with zero attached hydrogens (tertiary/aromatic N) is 1. The zero-order chi connectivity index (χ0) is 15.4. The first-order chi connectivity index (χ1) is 10.8. The van der Waals surface area contributed by atoms with Crippen molar-refractivity contribution in [1.82, 2.24) is 10.2 Å². The molecular formula is C19H25ClN2O. The van der Waals surface area contributed by atoms with E-state index in [9.17, 15) is 4.79 Å². The lowest BCUT2D eigenvalue weighted by Crippen LogP contribution is -2.42. The summed E-state index contributed by atoms with van der Waals surface area (Å²) in [6.07, 6.45) is 4.76. The quantitative estimate of drug-likeness (QED) is 0.904. The zero-order valence-electron chi connectivity index (χ0n) is 13.6. The minimum absolute atomic E-state index is 0. The number of nitrogens with one attached hydrogen (secondary N) is 1. The van der Waals surface area contributed by atoms with E-state index in [0.29, 0.717) is 19.1 Å². The fourth-order valence-corrected chi connectivity index (χ4v) is 3.50. The summed E-state index contributed by atoms with van der Waals surface area (Å²) in [4.78, 5) is 14.6. The average Bonchev–Trinajstić information content (AvgIpc) is 3.07. The van der Waals surface area contributed by atoms with Crippen molar-refractivity contribution in [2.45, 2.75) is 38.3 Å². The number of benzene rings is 2. The highest BCUT2D eigenvalue weighted by Crippen LogP contribution is 2.27. The Hall–Kier alpha value is -1.58. The molecule has 0 aliphatic heterocycles. The Labute approximate surface area is 144 Å². The Balaban J connectivity index is 0.00000192. The number of hydrogen-bond acceptors (Lipinski definition) is 2. The Morgan fingerprint density at radius 2 is 1.83 bits per heavy atom. The topological polar surface area (TPSA) is 32.3 Å². The predicted octanol–water partition coefficient (Wildman–Crippen LogP) is 3.75. The first-order valence-electron chi connectivity index (χ1n) is 8.20. The van der Waals surface area contributed by atoms with Crippen molar-refractivity contribution in [3.8, 4) is 0 Å². The number of amides is 1. The van der Waals surface area contributed by atoms with Gasteiger partial charge >= 0.3 is 0 Å². The van der Waals surface area contributed by atoms with Crippen molar-refractivity contribution in [2.24, 2.45) is 0 Å². The van der Waals surface area contributed by atoms with Crippen LogP contribution in [0, 0.1) is 0 Å². The van der Waals surface area contributed by atoms with Crippen LogP contribution in [0.25, 0.3) is 10.8 Å². The molecule has 1 N–H and O–H groups in total. The monoisotopic (exact) mass is 332 g/mol. The van der Waals surface area contributed by atoms with Crippen molar-refractivity contribution in [3.63, 3.8) is 0 Å². The molecule has 3 nitrogen and oxygen atoms in total. The van der Waals surface area contributed by atoms with E-state index in [-0.39, 0.29) is 18.3 Å². The van der Waals surface area contributed by atoms with E-state index in [1.54, 1.807) is 0 Å². The fourth-order valence-electron chi connectivity index (χ4n) is 3.50. The third-order valence-corrected chi connectivity index (χ3v) is 4.63. The van der Waals surface area contributed by atoms with Crippen LogP contribution in [0.2, 0.25) is 0 Å². The molecule has 0 unspecified atom stereocenters. The van der Waals surface area contributed by atoms with Crippen LogP contribution in [-0.2, 0) is 11.3 Å². The van der Waals surface area contributed by atoms with Gasteiger partial charge in [-0.05, 0) is 36.2 Å². The first kappa shape index (κ1) is 17.8. The second-order valence-corrected chi connectivity index (χ2v) is 6.13. The van der Waals surface area contributed by atoms with Crippen molar-refractivity contribution in [2.75, 3.05) is 13.6 Å². The van der Waals surface area contributed by atoms with Crippen LogP contribution in [0.3, 0.4) is 0 Å². The Bertz CT molecular complexity index is 647. The summed E-state index contributed by atoms with van der Waals surface area (Å²) in [6.45, 7) is 1.13. The summed E-state index contributed by atoms with van der Waals surface area (Å²) >= 11 is 0. The van der Waals surface area contributed by atoms with Crippen LogP contribution < -0.4 is 5.32 Å². The summed E-state index contributed by atoms with van der Waals surface area (Å²) < 4.78 is 0. The molecule has 1 aliphatic carbocycles. The minimum atomic E-state index is 0. The molecule has 0 atom stereocenters. The normalized spacial score (nSPS) is 14.7. The molecule has 0 bridgehead atoms. The number of likely N-dealkylation sites (N-methyl/N-ethyl adjacent to an activating group) is 1. The van der Waals surface area contributed by atoms with Crippen LogP contribution in [0.15, 0.2) is 42.5 Å². The largest absolute Gasteiger partial charge is 0.334 e. The van der Waals surface area contributed by atoms with Gasteiger partial charge in [-0.1, -0.05) is 55.3 Å². The summed E-state index contributed by atoms with van der Waals surface area (Å²) in [5.74, 6) is 0.210. The van der Waals surface area contributed by atoms with Crippen molar-refractivity contribution >= 4 is 29.1 Å². The number of carbonyl (C=O) groups is 1.